The topological polar surface area (TPSA) is 83.4 Å². The van der Waals surface area contributed by atoms with Crippen LogP contribution in [0.3, 0.4) is 0 Å². The zero-order chi connectivity index (χ0) is 25.1. The highest BCUT2D eigenvalue weighted by Gasteiger charge is 2.59. The van der Waals surface area contributed by atoms with Crippen molar-refractivity contribution in [2.24, 2.45) is 5.92 Å². The first-order valence-electron chi connectivity index (χ1n) is 11.4. The van der Waals surface area contributed by atoms with Gasteiger partial charge in [0.2, 0.25) is 5.91 Å². The van der Waals surface area contributed by atoms with Crippen molar-refractivity contribution >= 4 is 28.4 Å². The summed E-state index contributed by atoms with van der Waals surface area (Å²) in [4.78, 5) is 19.9. The van der Waals surface area contributed by atoms with Gasteiger partial charge in [-0.15, -0.1) is 0 Å². The maximum atomic E-state index is 15.5. The SMILES string of the molecule is CC(=O)N1CCN(Cc2cccc(-c3ccc4c(n3)N(C)S(O)(O)N4CC3CC3(F)F)c2F)CC1. The third-order valence-corrected chi connectivity index (χ3v) is 8.84. The maximum Gasteiger partial charge on any atom is 0.253 e. The first-order chi connectivity index (χ1) is 16.5. The molecule has 1 aromatic carbocycles. The lowest BCUT2D eigenvalue weighted by atomic mass is 10.0. The standard InChI is InChI=1S/C23H28F3N5O3S/c1-15(32)30-10-8-29(9-11-30)13-16-4-3-5-18(21(16)24)19-6-7-20-22(27-19)28(2)35(33,34)31(20)14-17-12-23(17,25)26/h3-7,17,33-34H,8-14H2,1-2H3. The van der Waals surface area contributed by atoms with Crippen molar-refractivity contribution in [1.82, 2.24) is 14.8 Å². The van der Waals surface area contributed by atoms with E-state index in [0.717, 1.165) is 0 Å². The van der Waals surface area contributed by atoms with Crippen LogP contribution in [0, 0.1) is 11.7 Å². The fourth-order valence-corrected chi connectivity index (χ4v) is 6.09. The predicted octanol–water partition coefficient (Wildman–Crippen LogP) is 4.04. The van der Waals surface area contributed by atoms with E-state index >= 15 is 4.39 Å². The second-order valence-electron chi connectivity index (χ2n) is 9.31. The molecule has 1 atom stereocenters. The molecular formula is C23H28F3N5O3S. The minimum absolute atomic E-state index is 0.0338. The van der Waals surface area contributed by atoms with E-state index in [1.54, 1.807) is 42.2 Å². The number of carbonyl (C=O) groups is 1. The minimum Gasteiger partial charge on any atom is -0.340 e. The van der Waals surface area contributed by atoms with Crippen LogP contribution in [0.15, 0.2) is 30.3 Å². The van der Waals surface area contributed by atoms with E-state index in [4.69, 9.17) is 0 Å². The van der Waals surface area contributed by atoms with Gasteiger partial charge >= 0.3 is 0 Å². The Balaban J connectivity index is 1.38. The third-order valence-electron chi connectivity index (χ3n) is 6.99. The molecular weight excluding hydrogens is 483 g/mol. The van der Waals surface area contributed by atoms with Crippen LogP contribution in [0.2, 0.25) is 0 Å². The lowest BCUT2D eigenvalue weighted by molar-refractivity contribution is -0.130. The summed E-state index contributed by atoms with van der Waals surface area (Å²) < 4.78 is 66.2. The number of anilines is 2. The Bertz CT molecular complexity index is 1160. The van der Waals surface area contributed by atoms with Crippen molar-refractivity contribution in [1.29, 1.82) is 0 Å². The Labute approximate surface area is 203 Å². The Morgan fingerprint density at radius 3 is 2.49 bits per heavy atom. The highest BCUT2D eigenvalue weighted by molar-refractivity contribution is 8.26. The van der Waals surface area contributed by atoms with Gasteiger partial charge < -0.3 is 4.90 Å². The van der Waals surface area contributed by atoms with Crippen LogP contribution in [0.25, 0.3) is 11.3 Å². The molecule has 1 unspecified atom stereocenters. The number of aromatic nitrogens is 1. The molecule has 12 heteroatoms. The average Bonchev–Trinajstić information content (AvgIpc) is 3.38. The molecule has 190 valence electrons. The number of alkyl halides is 2. The molecule has 1 saturated carbocycles. The van der Waals surface area contributed by atoms with Crippen molar-refractivity contribution in [3.05, 3.63) is 41.7 Å². The number of pyridine rings is 1. The van der Waals surface area contributed by atoms with Crippen molar-refractivity contribution in [2.45, 2.75) is 25.8 Å². The predicted molar refractivity (Wildman–Crippen MR) is 129 cm³/mol. The molecule has 1 aromatic heterocycles. The number of benzene rings is 1. The summed E-state index contributed by atoms with van der Waals surface area (Å²) in [5, 5.41) is 0. The van der Waals surface area contributed by atoms with E-state index in [-0.39, 0.29) is 30.3 Å². The lowest BCUT2D eigenvalue weighted by Gasteiger charge is -2.41. The number of hydrogen-bond donors (Lipinski definition) is 2. The van der Waals surface area contributed by atoms with Crippen molar-refractivity contribution in [2.75, 3.05) is 48.4 Å². The van der Waals surface area contributed by atoms with Gasteiger partial charge in [0.05, 0.1) is 5.69 Å². The van der Waals surface area contributed by atoms with Gasteiger partial charge in [-0.3, -0.25) is 18.8 Å². The number of hydrogen-bond acceptors (Lipinski definition) is 7. The molecule has 2 N–H and O–H groups in total. The van der Waals surface area contributed by atoms with Gasteiger partial charge in [0, 0.05) is 76.7 Å². The molecule has 2 aromatic rings. The van der Waals surface area contributed by atoms with E-state index < -0.39 is 28.6 Å². The normalized spacial score (nSPS) is 23.9. The van der Waals surface area contributed by atoms with Crippen molar-refractivity contribution in [3.63, 3.8) is 0 Å². The Hall–Kier alpha value is -2.54. The van der Waals surface area contributed by atoms with Gasteiger partial charge in [0.25, 0.3) is 5.92 Å². The molecule has 3 aliphatic rings. The Kier molecular flexibility index (Phi) is 5.90. The molecule has 3 heterocycles. The van der Waals surface area contributed by atoms with E-state index in [2.05, 4.69) is 9.88 Å². The van der Waals surface area contributed by atoms with Crippen LogP contribution in [-0.2, 0) is 11.3 Å². The van der Waals surface area contributed by atoms with Crippen LogP contribution < -0.4 is 8.61 Å². The van der Waals surface area contributed by atoms with Gasteiger partial charge in [-0.1, -0.05) is 12.1 Å². The molecule has 1 aliphatic carbocycles. The second-order valence-corrected chi connectivity index (χ2v) is 11.3. The second kappa shape index (κ2) is 8.54. The lowest BCUT2D eigenvalue weighted by Crippen LogP contribution is -2.47. The van der Waals surface area contributed by atoms with Crippen LogP contribution >= 0.6 is 11.0 Å². The zero-order valence-electron chi connectivity index (χ0n) is 19.5. The van der Waals surface area contributed by atoms with E-state index in [1.165, 1.54) is 15.7 Å². The molecule has 1 saturated heterocycles. The van der Waals surface area contributed by atoms with Crippen molar-refractivity contribution < 1.29 is 27.1 Å². The number of carbonyl (C=O) groups excluding carboxylic acids is 1. The van der Waals surface area contributed by atoms with Crippen LogP contribution in [-0.4, -0.2) is 75.5 Å². The molecule has 2 fully saturated rings. The third kappa shape index (κ3) is 4.32. The number of rotatable bonds is 5. The van der Waals surface area contributed by atoms with Gasteiger partial charge in [0.1, 0.15) is 11.5 Å². The summed E-state index contributed by atoms with van der Waals surface area (Å²) in [6.45, 7) is 4.24. The molecule has 0 spiro atoms. The fraction of sp³-hybridized carbons (Fsp3) is 0.478. The molecule has 35 heavy (non-hydrogen) atoms. The number of nitrogens with zero attached hydrogens (tertiary/aromatic N) is 5. The summed E-state index contributed by atoms with van der Waals surface area (Å²) >= 11 is 0. The highest BCUT2D eigenvalue weighted by Crippen LogP contribution is 2.62. The van der Waals surface area contributed by atoms with Crippen LogP contribution in [0.4, 0.5) is 24.7 Å². The zero-order valence-corrected chi connectivity index (χ0v) is 20.3. The molecule has 0 radical (unpaired) electrons. The van der Waals surface area contributed by atoms with Gasteiger partial charge in [-0.2, -0.15) is 0 Å². The maximum absolute atomic E-state index is 15.5. The number of amides is 1. The summed E-state index contributed by atoms with van der Waals surface area (Å²) in [7, 11) is -2.10. The largest absolute Gasteiger partial charge is 0.340 e. The fourth-order valence-electron chi connectivity index (χ4n) is 4.64. The minimum atomic E-state index is -3.53. The average molecular weight is 512 g/mol. The highest BCUT2D eigenvalue weighted by atomic mass is 32.3. The smallest absolute Gasteiger partial charge is 0.253 e. The van der Waals surface area contributed by atoms with Gasteiger partial charge in [0.15, 0.2) is 5.82 Å². The molecule has 0 bridgehead atoms. The number of fused-ring (bicyclic) bond motifs is 1. The van der Waals surface area contributed by atoms with E-state index in [9.17, 15) is 22.7 Å². The van der Waals surface area contributed by atoms with Crippen molar-refractivity contribution in [3.8, 4) is 11.3 Å². The van der Waals surface area contributed by atoms with Crippen LogP contribution in [0.1, 0.15) is 18.9 Å². The van der Waals surface area contributed by atoms with E-state index in [0.29, 0.717) is 49.7 Å². The monoisotopic (exact) mass is 511 g/mol. The molecule has 8 nitrogen and oxygen atoms in total. The summed E-state index contributed by atoms with van der Waals surface area (Å²) in [6, 6.07) is 8.20. The summed E-state index contributed by atoms with van der Waals surface area (Å²) in [5.74, 6) is -3.93. The molecule has 5 rings (SSSR count). The number of halogens is 3. The quantitative estimate of drug-likeness (QED) is 0.627. The summed E-state index contributed by atoms with van der Waals surface area (Å²) in [5.41, 5.74) is 1.41. The van der Waals surface area contributed by atoms with Gasteiger partial charge in [-0.05, 0) is 29.2 Å². The van der Waals surface area contributed by atoms with Gasteiger partial charge in [-0.25, -0.2) is 26.8 Å². The first-order valence-corrected chi connectivity index (χ1v) is 12.9. The first kappa shape index (κ1) is 24.2. The summed E-state index contributed by atoms with van der Waals surface area (Å²) in [6.07, 6.45) is -0.286. The Morgan fingerprint density at radius 2 is 1.86 bits per heavy atom. The van der Waals surface area contributed by atoms with Crippen LogP contribution in [0.5, 0.6) is 0 Å². The van der Waals surface area contributed by atoms with E-state index in [1.807, 2.05) is 0 Å². The number of piperazine rings is 1. The Morgan fingerprint density at radius 1 is 1.17 bits per heavy atom. The molecule has 2 aliphatic heterocycles. The molecule has 1 amide bonds.